The summed E-state index contributed by atoms with van der Waals surface area (Å²) in [5.74, 6) is -0.242. The number of hydrogen-bond acceptors (Lipinski definition) is 3. The van der Waals surface area contributed by atoms with Gasteiger partial charge < -0.3 is 9.64 Å². The van der Waals surface area contributed by atoms with Crippen molar-refractivity contribution in [3.05, 3.63) is 69.7 Å². The van der Waals surface area contributed by atoms with Crippen LogP contribution in [0.15, 0.2) is 42.5 Å². The number of carbonyl (C=O) groups is 1. The molecule has 0 amide bonds. The number of carbonyl (C=O) groups excluding carboxylic acids is 1. The van der Waals surface area contributed by atoms with Crippen LogP contribution in [0, 0.1) is 6.92 Å². The highest BCUT2D eigenvalue weighted by atomic mass is 35.5. The standard InChI is InChI=1S/C20H22ClNO2/c1-14-4-5-15-13-20(10-11-22(2)3,24-19(23)18(15)12-14)16-6-8-17(21)9-7-16/h4-9,12H,10-11,13H2,1-3H3. The van der Waals surface area contributed by atoms with E-state index in [0.29, 0.717) is 17.0 Å². The Kier molecular flexibility index (Phi) is 4.66. The lowest BCUT2D eigenvalue weighted by molar-refractivity contribution is -0.0355. The van der Waals surface area contributed by atoms with Gasteiger partial charge in [-0.1, -0.05) is 41.4 Å². The number of cyclic esters (lactones) is 1. The van der Waals surface area contributed by atoms with Gasteiger partial charge in [-0.25, -0.2) is 4.79 Å². The monoisotopic (exact) mass is 343 g/mol. The first-order chi connectivity index (χ1) is 11.4. The van der Waals surface area contributed by atoms with Crippen molar-refractivity contribution in [3.63, 3.8) is 0 Å². The van der Waals surface area contributed by atoms with Crippen LogP contribution in [0.25, 0.3) is 0 Å². The summed E-state index contributed by atoms with van der Waals surface area (Å²) < 4.78 is 6.02. The molecule has 0 N–H and O–H groups in total. The zero-order valence-corrected chi connectivity index (χ0v) is 15.1. The van der Waals surface area contributed by atoms with Gasteiger partial charge >= 0.3 is 5.97 Å². The summed E-state index contributed by atoms with van der Waals surface area (Å²) in [5, 5.41) is 0.680. The van der Waals surface area contributed by atoms with Crippen LogP contribution in [-0.4, -0.2) is 31.5 Å². The van der Waals surface area contributed by atoms with Gasteiger partial charge in [0, 0.05) is 24.4 Å². The predicted molar refractivity (Wildman–Crippen MR) is 96.6 cm³/mol. The molecule has 0 radical (unpaired) electrons. The molecule has 0 aromatic heterocycles. The molecule has 2 aromatic carbocycles. The molecule has 24 heavy (non-hydrogen) atoms. The average Bonchev–Trinajstić information content (AvgIpc) is 2.54. The smallest absolute Gasteiger partial charge is 0.339 e. The van der Waals surface area contributed by atoms with Crippen molar-refractivity contribution in [1.82, 2.24) is 4.90 Å². The van der Waals surface area contributed by atoms with E-state index in [1.165, 1.54) is 0 Å². The Hall–Kier alpha value is -1.84. The van der Waals surface area contributed by atoms with Crippen molar-refractivity contribution < 1.29 is 9.53 Å². The van der Waals surface area contributed by atoms with Gasteiger partial charge in [-0.15, -0.1) is 0 Å². The molecule has 0 saturated carbocycles. The molecule has 0 saturated heterocycles. The SMILES string of the molecule is Cc1ccc2c(c1)C(=O)OC(CCN(C)C)(c1ccc(Cl)cc1)C2. The van der Waals surface area contributed by atoms with Crippen LogP contribution in [0.2, 0.25) is 5.02 Å². The average molecular weight is 344 g/mol. The van der Waals surface area contributed by atoms with Crippen LogP contribution in [0.4, 0.5) is 0 Å². The van der Waals surface area contributed by atoms with Gasteiger partial charge in [0.05, 0.1) is 5.56 Å². The number of esters is 1. The maximum Gasteiger partial charge on any atom is 0.339 e. The predicted octanol–water partition coefficient (Wildman–Crippen LogP) is 4.21. The van der Waals surface area contributed by atoms with Crippen molar-refractivity contribution >= 4 is 17.6 Å². The number of ether oxygens (including phenoxy) is 1. The summed E-state index contributed by atoms with van der Waals surface area (Å²) in [5.41, 5.74) is 3.15. The molecular formula is C20H22ClNO2. The molecule has 0 bridgehead atoms. The molecule has 4 heteroatoms. The summed E-state index contributed by atoms with van der Waals surface area (Å²) in [6.07, 6.45) is 1.42. The number of halogens is 1. The zero-order chi connectivity index (χ0) is 17.3. The van der Waals surface area contributed by atoms with Crippen LogP contribution in [0.3, 0.4) is 0 Å². The summed E-state index contributed by atoms with van der Waals surface area (Å²) >= 11 is 6.03. The number of benzene rings is 2. The normalized spacial score (nSPS) is 20.0. The third kappa shape index (κ3) is 3.33. The number of hydrogen-bond donors (Lipinski definition) is 0. The van der Waals surface area contributed by atoms with E-state index in [9.17, 15) is 4.79 Å². The van der Waals surface area contributed by atoms with Crippen LogP contribution in [-0.2, 0) is 16.8 Å². The Bertz CT molecular complexity index is 755. The fourth-order valence-electron chi connectivity index (χ4n) is 3.21. The molecule has 1 aliphatic heterocycles. The number of fused-ring (bicyclic) bond motifs is 1. The van der Waals surface area contributed by atoms with E-state index < -0.39 is 5.60 Å². The molecule has 0 aliphatic carbocycles. The first-order valence-electron chi connectivity index (χ1n) is 8.13. The van der Waals surface area contributed by atoms with Crippen molar-refractivity contribution in [1.29, 1.82) is 0 Å². The third-order valence-corrected chi connectivity index (χ3v) is 4.83. The first kappa shape index (κ1) is 17.0. The summed E-state index contributed by atoms with van der Waals surface area (Å²) in [6.45, 7) is 2.82. The van der Waals surface area contributed by atoms with Gasteiger partial charge in [0.25, 0.3) is 0 Å². The number of aryl methyl sites for hydroxylation is 1. The van der Waals surface area contributed by atoms with Gasteiger partial charge in [0.1, 0.15) is 5.60 Å². The Morgan fingerprint density at radius 3 is 2.54 bits per heavy atom. The van der Waals surface area contributed by atoms with Crippen LogP contribution < -0.4 is 0 Å². The molecule has 0 fully saturated rings. The largest absolute Gasteiger partial charge is 0.450 e. The third-order valence-electron chi connectivity index (χ3n) is 4.58. The molecule has 2 aromatic rings. The quantitative estimate of drug-likeness (QED) is 0.779. The van der Waals surface area contributed by atoms with Crippen LogP contribution in [0.1, 0.15) is 33.5 Å². The van der Waals surface area contributed by atoms with Crippen LogP contribution >= 0.6 is 11.6 Å². The van der Waals surface area contributed by atoms with Gasteiger partial charge in [-0.2, -0.15) is 0 Å². The molecule has 1 atom stereocenters. The van der Waals surface area contributed by atoms with Crippen LogP contribution in [0.5, 0.6) is 0 Å². The van der Waals surface area contributed by atoms with E-state index in [4.69, 9.17) is 16.3 Å². The Morgan fingerprint density at radius 2 is 1.88 bits per heavy atom. The zero-order valence-electron chi connectivity index (χ0n) is 14.3. The highest BCUT2D eigenvalue weighted by Crippen LogP contribution is 2.39. The van der Waals surface area contributed by atoms with Gasteiger partial charge in [0.2, 0.25) is 0 Å². The summed E-state index contributed by atoms with van der Waals surface area (Å²) in [7, 11) is 4.05. The highest BCUT2D eigenvalue weighted by molar-refractivity contribution is 6.30. The van der Waals surface area contributed by atoms with Crippen molar-refractivity contribution in [2.75, 3.05) is 20.6 Å². The fraction of sp³-hybridized carbons (Fsp3) is 0.350. The Labute approximate surface area is 148 Å². The molecule has 0 spiro atoms. The molecule has 126 valence electrons. The molecular weight excluding hydrogens is 322 g/mol. The second kappa shape index (κ2) is 6.58. The summed E-state index contributed by atoms with van der Waals surface area (Å²) in [6, 6.07) is 13.6. The minimum Gasteiger partial charge on any atom is -0.450 e. The van der Waals surface area contributed by atoms with E-state index >= 15 is 0 Å². The molecule has 1 heterocycles. The molecule has 1 aliphatic rings. The van der Waals surface area contributed by atoms with E-state index in [2.05, 4.69) is 11.0 Å². The maximum absolute atomic E-state index is 12.7. The van der Waals surface area contributed by atoms with E-state index in [0.717, 1.165) is 29.7 Å². The minimum absolute atomic E-state index is 0.242. The van der Waals surface area contributed by atoms with E-state index in [1.807, 2.05) is 57.4 Å². The minimum atomic E-state index is -0.645. The van der Waals surface area contributed by atoms with Gasteiger partial charge in [0.15, 0.2) is 0 Å². The molecule has 1 unspecified atom stereocenters. The van der Waals surface area contributed by atoms with Gasteiger partial charge in [-0.05, 0) is 50.3 Å². The number of rotatable bonds is 4. The second-order valence-corrected chi connectivity index (χ2v) is 7.22. The second-order valence-electron chi connectivity index (χ2n) is 6.78. The lowest BCUT2D eigenvalue weighted by Crippen LogP contribution is -2.41. The van der Waals surface area contributed by atoms with Crippen molar-refractivity contribution in [3.8, 4) is 0 Å². The molecule has 3 nitrogen and oxygen atoms in total. The maximum atomic E-state index is 12.7. The summed E-state index contributed by atoms with van der Waals surface area (Å²) in [4.78, 5) is 14.8. The van der Waals surface area contributed by atoms with E-state index in [-0.39, 0.29) is 5.97 Å². The topological polar surface area (TPSA) is 29.5 Å². The Balaban J connectivity index is 2.04. The lowest BCUT2D eigenvalue weighted by atomic mass is 9.80. The first-order valence-corrected chi connectivity index (χ1v) is 8.51. The fourth-order valence-corrected chi connectivity index (χ4v) is 3.34. The lowest BCUT2D eigenvalue weighted by Gasteiger charge is -2.39. The van der Waals surface area contributed by atoms with Crippen molar-refractivity contribution in [2.45, 2.75) is 25.4 Å². The van der Waals surface area contributed by atoms with E-state index in [1.54, 1.807) is 0 Å². The van der Waals surface area contributed by atoms with Gasteiger partial charge in [-0.3, -0.25) is 0 Å². The Morgan fingerprint density at radius 1 is 1.17 bits per heavy atom. The number of nitrogens with zero attached hydrogens (tertiary/aromatic N) is 1. The highest BCUT2D eigenvalue weighted by Gasteiger charge is 2.41. The van der Waals surface area contributed by atoms with Crippen molar-refractivity contribution in [2.24, 2.45) is 0 Å². The molecule has 3 rings (SSSR count).